The number of sulfonamides is 1. The van der Waals surface area contributed by atoms with E-state index in [9.17, 15) is 18.0 Å². The van der Waals surface area contributed by atoms with Gasteiger partial charge in [-0.25, -0.2) is 22.7 Å². The molecule has 1 aliphatic rings. The lowest BCUT2D eigenvalue weighted by Crippen LogP contribution is -2.50. The zero-order valence-corrected chi connectivity index (χ0v) is 19.5. The summed E-state index contributed by atoms with van der Waals surface area (Å²) in [6, 6.07) is 6.26. The molecule has 8 nitrogen and oxygen atoms in total. The van der Waals surface area contributed by atoms with E-state index in [2.05, 4.69) is 10.0 Å². The standard InChI is InChI=1S/C22H31N3O5S/c1-14(2)18-13-17(12-15-6-7-19(26)30-20(15)18)23-21(27)25-10-8-16(9-11-25)24-31(28,29)22(3,4)5/h6-7,12-14,16,24H,8-11H2,1-5H3,(H,23,27). The fourth-order valence-corrected chi connectivity index (χ4v) is 4.54. The summed E-state index contributed by atoms with van der Waals surface area (Å²) in [5, 5.41) is 3.68. The first-order chi connectivity index (χ1) is 14.4. The highest BCUT2D eigenvalue weighted by atomic mass is 32.2. The van der Waals surface area contributed by atoms with E-state index in [1.54, 1.807) is 37.8 Å². The van der Waals surface area contributed by atoms with E-state index in [0.717, 1.165) is 10.9 Å². The van der Waals surface area contributed by atoms with Crippen LogP contribution in [0, 0.1) is 0 Å². The van der Waals surface area contributed by atoms with Crippen molar-refractivity contribution >= 4 is 32.7 Å². The van der Waals surface area contributed by atoms with E-state index in [4.69, 9.17) is 4.42 Å². The van der Waals surface area contributed by atoms with Gasteiger partial charge >= 0.3 is 11.7 Å². The van der Waals surface area contributed by atoms with Gasteiger partial charge in [-0.1, -0.05) is 13.8 Å². The van der Waals surface area contributed by atoms with Crippen molar-refractivity contribution in [2.75, 3.05) is 18.4 Å². The van der Waals surface area contributed by atoms with Crippen molar-refractivity contribution in [1.82, 2.24) is 9.62 Å². The molecule has 1 aliphatic heterocycles. The summed E-state index contributed by atoms with van der Waals surface area (Å²) in [6.45, 7) is 9.91. The summed E-state index contributed by atoms with van der Waals surface area (Å²) in [4.78, 5) is 26.1. The van der Waals surface area contributed by atoms with E-state index < -0.39 is 20.4 Å². The van der Waals surface area contributed by atoms with Crippen LogP contribution in [0.2, 0.25) is 0 Å². The van der Waals surface area contributed by atoms with Gasteiger partial charge in [0.25, 0.3) is 0 Å². The Hall–Kier alpha value is -2.39. The van der Waals surface area contributed by atoms with E-state index in [0.29, 0.717) is 37.2 Å². The molecule has 0 spiro atoms. The Balaban J connectivity index is 1.68. The molecule has 0 saturated carbocycles. The number of hydrogen-bond donors (Lipinski definition) is 2. The van der Waals surface area contributed by atoms with Gasteiger partial charge in [0, 0.05) is 41.8 Å². The third-order valence-corrected chi connectivity index (χ3v) is 7.79. The lowest BCUT2D eigenvalue weighted by molar-refractivity contribution is 0.193. The predicted molar refractivity (Wildman–Crippen MR) is 122 cm³/mol. The molecule has 9 heteroatoms. The Morgan fingerprint density at radius 3 is 2.39 bits per heavy atom. The number of rotatable bonds is 4. The monoisotopic (exact) mass is 449 g/mol. The summed E-state index contributed by atoms with van der Waals surface area (Å²) in [5.74, 6) is 0.108. The van der Waals surface area contributed by atoms with Crippen molar-refractivity contribution in [1.29, 1.82) is 0 Å². The van der Waals surface area contributed by atoms with Crippen LogP contribution >= 0.6 is 0 Å². The third-order valence-electron chi connectivity index (χ3n) is 5.53. The van der Waals surface area contributed by atoms with Crippen molar-refractivity contribution in [3.63, 3.8) is 0 Å². The van der Waals surface area contributed by atoms with Gasteiger partial charge < -0.3 is 14.6 Å². The minimum absolute atomic E-state index is 0.108. The first-order valence-electron chi connectivity index (χ1n) is 10.5. The first-order valence-corrected chi connectivity index (χ1v) is 12.0. The number of benzene rings is 1. The summed E-state index contributed by atoms with van der Waals surface area (Å²) < 4.78 is 32.0. The zero-order valence-electron chi connectivity index (χ0n) is 18.7. The zero-order chi connectivity index (χ0) is 23.0. The van der Waals surface area contributed by atoms with Gasteiger partial charge in [-0.2, -0.15) is 0 Å². The molecule has 1 fully saturated rings. The van der Waals surface area contributed by atoms with E-state index in [1.165, 1.54) is 6.07 Å². The average Bonchev–Trinajstić information content (AvgIpc) is 2.67. The molecular formula is C22H31N3O5S. The molecule has 1 aromatic carbocycles. The third kappa shape index (κ3) is 5.27. The van der Waals surface area contributed by atoms with Gasteiger partial charge in [0.2, 0.25) is 10.0 Å². The second-order valence-electron chi connectivity index (χ2n) is 9.32. The van der Waals surface area contributed by atoms with Gasteiger partial charge in [-0.15, -0.1) is 0 Å². The number of anilines is 1. The molecule has 170 valence electrons. The van der Waals surface area contributed by atoms with Crippen LogP contribution in [-0.2, 0) is 10.0 Å². The molecule has 2 amide bonds. The minimum Gasteiger partial charge on any atom is -0.422 e. The van der Waals surface area contributed by atoms with Crippen molar-refractivity contribution < 1.29 is 17.6 Å². The Bertz CT molecular complexity index is 1120. The number of likely N-dealkylation sites (tertiary alicyclic amines) is 1. The molecule has 3 rings (SSSR count). The van der Waals surface area contributed by atoms with Crippen molar-refractivity contribution in [2.45, 2.75) is 64.2 Å². The number of carbonyl (C=O) groups is 1. The van der Waals surface area contributed by atoms with Crippen molar-refractivity contribution in [3.05, 3.63) is 40.2 Å². The average molecular weight is 450 g/mol. The lowest BCUT2D eigenvalue weighted by Gasteiger charge is -2.33. The SMILES string of the molecule is CC(C)c1cc(NC(=O)N2CCC(NS(=O)(=O)C(C)(C)C)CC2)cc2ccc(=O)oc12. The number of fused-ring (bicyclic) bond motifs is 1. The van der Waals surface area contributed by atoms with Gasteiger partial charge in [0.15, 0.2) is 0 Å². The predicted octanol–water partition coefficient (Wildman–Crippen LogP) is 3.63. The molecule has 0 atom stereocenters. The first kappa shape index (κ1) is 23.3. The molecule has 2 heterocycles. The highest BCUT2D eigenvalue weighted by Crippen LogP contribution is 2.29. The topological polar surface area (TPSA) is 109 Å². The quantitative estimate of drug-likeness (QED) is 0.693. The molecule has 2 aromatic rings. The summed E-state index contributed by atoms with van der Waals surface area (Å²) in [6.07, 6.45) is 1.12. The van der Waals surface area contributed by atoms with E-state index in [1.807, 2.05) is 19.9 Å². The fourth-order valence-electron chi connectivity index (χ4n) is 3.51. The fraction of sp³-hybridized carbons (Fsp3) is 0.545. The molecular weight excluding hydrogens is 418 g/mol. The molecule has 1 saturated heterocycles. The van der Waals surface area contributed by atoms with E-state index in [-0.39, 0.29) is 18.0 Å². The number of nitrogens with one attached hydrogen (secondary N) is 2. The molecule has 0 bridgehead atoms. The maximum absolute atomic E-state index is 12.8. The largest absolute Gasteiger partial charge is 0.422 e. The van der Waals surface area contributed by atoms with Crippen LogP contribution in [0.4, 0.5) is 10.5 Å². The molecule has 0 unspecified atom stereocenters. The second kappa shape index (κ2) is 8.63. The van der Waals surface area contributed by atoms with Crippen molar-refractivity contribution in [2.24, 2.45) is 0 Å². The van der Waals surface area contributed by atoms with Crippen LogP contribution in [-0.4, -0.2) is 43.2 Å². The second-order valence-corrected chi connectivity index (χ2v) is 11.8. The van der Waals surface area contributed by atoms with Gasteiger partial charge in [0.1, 0.15) is 5.58 Å². The number of hydrogen-bond acceptors (Lipinski definition) is 5. The van der Waals surface area contributed by atoms with E-state index >= 15 is 0 Å². The smallest absolute Gasteiger partial charge is 0.336 e. The van der Waals surface area contributed by atoms with Crippen LogP contribution in [0.5, 0.6) is 0 Å². The van der Waals surface area contributed by atoms with Crippen LogP contribution < -0.4 is 15.7 Å². The highest BCUT2D eigenvalue weighted by molar-refractivity contribution is 7.90. The van der Waals surface area contributed by atoms with Crippen LogP contribution in [0.1, 0.15) is 58.9 Å². The van der Waals surface area contributed by atoms with Gasteiger partial charge in [0.05, 0.1) is 4.75 Å². The molecule has 31 heavy (non-hydrogen) atoms. The van der Waals surface area contributed by atoms with Crippen LogP contribution in [0.15, 0.2) is 33.5 Å². The van der Waals surface area contributed by atoms with Crippen LogP contribution in [0.3, 0.4) is 0 Å². The summed E-state index contributed by atoms with van der Waals surface area (Å²) in [7, 11) is -3.42. The molecule has 0 aliphatic carbocycles. The Kier molecular flexibility index (Phi) is 6.48. The Labute approximate surface area is 183 Å². The lowest BCUT2D eigenvalue weighted by atomic mass is 9.99. The minimum atomic E-state index is -3.42. The number of carbonyl (C=O) groups excluding carboxylic acids is 1. The van der Waals surface area contributed by atoms with Gasteiger partial charge in [-0.05, 0) is 57.7 Å². The number of piperidine rings is 1. The summed E-state index contributed by atoms with van der Waals surface area (Å²) in [5.41, 5.74) is 1.61. The molecule has 2 N–H and O–H groups in total. The highest BCUT2D eigenvalue weighted by Gasteiger charge is 2.33. The number of nitrogens with zero attached hydrogens (tertiary/aromatic N) is 1. The van der Waals surface area contributed by atoms with Crippen molar-refractivity contribution in [3.8, 4) is 0 Å². The molecule has 0 radical (unpaired) electrons. The molecule has 1 aromatic heterocycles. The maximum atomic E-state index is 12.8. The number of amides is 2. The maximum Gasteiger partial charge on any atom is 0.336 e. The van der Waals surface area contributed by atoms with Crippen LogP contribution in [0.25, 0.3) is 11.0 Å². The van der Waals surface area contributed by atoms with Gasteiger partial charge in [-0.3, -0.25) is 0 Å². The Morgan fingerprint density at radius 1 is 1.16 bits per heavy atom. The Morgan fingerprint density at radius 2 is 1.81 bits per heavy atom. The normalized spacial score (nSPS) is 16.1. The number of urea groups is 1. The summed E-state index contributed by atoms with van der Waals surface area (Å²) >= 11 is 0.